The zero-order valence-corrected chi connectivity index (χ0v) is 48.6. The molecule has 0 spiro atoms. The normalized spacial score (nSPS) is 14.7. The average Bonchev–Trinajstić information content (AvgIpc) is 3.47. The Kier molecular flexibility index (Phi) is 16.2. The molecule has 0 saturated heterocycles. The summed E-state index contributed by atoms with van der Waals surface area (Å²) in [4.78, 5) is 53.7. The number of hydrogen-bond donors (Lipinski definition) is 4. The Balaban J connectivity index is 1.47. The van der Waals surface area contributed by atoms with Gasteiger partial charge in [-0.15, -0.1) is 0 Å². The molecule has 4 N–H and O–H groups in total. The number of phenolic OH excluding ortho intramolecular Hbond substituents is 2. The SMILES string of the molecule is COC(=O)c1cc2cc(c1)NC(=O)CCCC(=O)Nc1cc(cc(C(=O)OC)c1)COc1c3cc(C(C)(C)C)cc1Cc1cc(C(C)(C)C)cc(c1O)Cc1cc(C(C)(C)C)cc(c1OC2)Cc1cc(C(C)(C)C)cc(c1O)C3. The van der Waals surface area contributed by atoms with Gasteiger partial charge in [-0.2, -0.15) is 0 Å². The van der Waals surface area contributed by atoms with E-state index in [9.17, 15) is 29.4 Å². The first-order chi connectivity index (χ1) is 37.0. The van der Waals surface area contributed by atoms with Gasteiger partial charge in [-0.25, -0.2) is 9.59 Å². The van der Waals surface area contributed by atoms with Gasteiger partial charge in [0, 0.05) is 49.9 Å². The van der Waals surface area contributed by atoms with E-state index in [-0.39, 0.29) is 114 Å². The highest BCUT2D eigenvalue weighted by molar-refractivity contribution is 5.96. The maximum Gasteiger partial charge on any atom is 0.337 e. The molecule has 2 amide bonds. The quantitative estimate of drug-likeness (QED) is 0.122. The number of aromatic hydroxyl groups is 2. The summed E-state index contributed by atoms with van der Waals surface area (Å²) in [5.41, 5.74) is 11.0. The van der Waals surface area contributed by atoms with Crippen LogP contribution in [0.3, 0.4) is 0 Å². The summed E-state index contributed by atoms with van der Waals surface area (Å²) in [5, 5.41) is 31.6. The number of ether oxygens (including phenoxy) is 4. The Hall–Kier alpha value is -7.60. The largest absolute Gasteiger partial charge is 0.507 e. The summed E-state index contributed by atoms with van der Waals surface area (Å²) in [7, 11) is 2.59. The minimum absolute atomic E-state index is 0.00947. The number of benzene rings is 6. The Labute approximate surface area is 466 Å². The molecule has 1 aliphatic carbocycles. The highest BCUT2D eigenvalue weighted by atomic mass is 16.5. The van der Waals surface area contributed by atoms with E-state index in [4.69, 9.17) is 18.9 Å². The molecular formula is C67H78N2O10. The number of carbonyl (C=O) groups excluding carboxylic acids is 4. The van der Waals surface area contributed by atoms with Crippen molar-refractivity contribution < 1.29 is 48.3 Å². The van der Waals surface area contributed by atoms with Crippen molar-refractivity contribution in [2.75, 3.05) is 24.9 Å². The fraction of sp³-hybridized carbons (Fsp3) is 0.403. The van der Waals surface area contributed by atoms with Gasteiger partial charge in [-0.05, 0) is 142 Å². The molecule has 0 atom stereocenters. The second-order valence-electron chi connectivity index (χ2n) is 25.6. The van der Waals surface area contributed by atoms with E-state index in [2.05, 4.69) is 142 Å². The Bertz CT molecular complexity index is 3060. The lowest BCUT2D eigenvalue weighted by Gasteiger charge is -2.28. The van der Waals surface area contributed by atoms with Gasteiger partial charge in [0.1, 0.15) is 36.2 Å². The third-order valence-corrected chi connectivity index (χ3v) is 15.0. The van der Waals surface area contributed by atoms with Gasteiger partial charge in [0.15, 0.2) is 0 Å². The number of carbonyl (C=O) groups is 4. The molecule has 79 heavy (non-hydrogen) atoms. The van der Waals surface area contributed by atoms with Gasteiger partial charge in [0.05, 0.1) is 25.3 Å². The van der Waals surface area contributed by atoms with Crippen LogP contribution in [0.5, 0.6) is 23.0 Å². The van der Waals surface area contributed by atoms with Crippen LogP contribution in [0.1, 0.15) is 201 Å². The maximum absolute atomic E-state index is 13.6. The molecule has 2 heterocycles. The Morgan fingerprint density at radius 1 is 0.430 bits per heavy atom. The van der Waals surface area contributed by atoms with Gasteiger partial charge in [-0.3, -0.25) is 9.59 Å². The zero-order chi connectivity index (χ0) is 57.5. The van der Waals surface area contributed by atoms with Crippen LogP contribution < -0.4 is 20.1 Å². The minimum Gasteiger partial charge on any atom is -0.507 e. The summed E-state index contributed by atoms with van der Waals surface area (Å²) in [6.07, 6.45) is 1.25. The summed E-state index contributed by atoms with van der Waals surface area (Å²) >= 11 is 0. The van der Waals surface area contributed by atoms with E-state index in [1.165, 1.54) is 14.2 Å². The number of anilines is 2. The van der Waals surface area contributed by atoms with Crippen LogP contribution in [0.25, 0.3) is 0 Å². The minimum atomic E-state index is -0.605. The monoisotopic (exact) mass is 1070 g/mol. The van der Waals surface area contributed by atoms with Crippen molar-refractivity contribution in [1.29, 1.82) is 0 Å². The molecule has 6 aromatic carbocycles. The Morgan fingerprint density at radius 2 is 0.709 bits per heavy atom. The van der Waals surface area contributed by atoms with Gasteiger partial charge in [0.2, 0.25) is 11.8 Å². The molecule has 0 saturated carbocycles. The van der Waals surface area contributed by atoms with Gasteiger partial charge in [-0.1, -0.05) is 132 Å². The number of phenols is 2. The van der Waals surface area contributed by atoms with Crippen molar-refractivity contribution >= 4 is 35.1 Å². The van der Waals surface area contributed by atoms with Crippen molar-refractivity contribution in [3.05, 3.63) is 174 Å². The fourth-order valence-electron chi connectivity index (χ4n) is 10.4. The molecule has 12 heteroatoms. The molecular weight excluding hydrogens is 993 g/mol. The van der Waals surface area contributed by atoms with E-state index >= 15 is 0 Å². The lowest BCUT2D eigenvalue weighted by Crippen LogP contribution is -2.17. The first kappa shape index (κ1) is 57.6. The number of amides is 2. The number of methoxy groups -OCH3 is 2. The van der Waals surface area contributed by atoms with Crippen molar-refractivity contribution in [1.82, 2.24) is 0 Å². The predicted molar refractivity (Wildman–Crippen MR) is 310 cm³/mol. The first-order valence-electron chi connectivity index (χ1n) is 27.3. The summed E-state index contributed by atoms with van der Waals surface area (Å²) in [6.45, 7) is 25.9. The lowest BCUT2D eigenvalue weighted by molar-refractivity contribution is -0.117. The third-order valence-electron chi connectivity index (χ3n) is 15.0. The van der Waals surface area contributed by atoms with Gasteiger partial charge in [0.25, 0.3) is 0 Å². The number of rotatable bonds is 2. The highest BCUT2D eigenvalue weighted by Crippen LogP contribution is 2.44. The van der Waals surface area contributed by atoms with E-state index < -0.39 is 11.9 Å². The van der Waals surface area contributed by atoms with Gasteiger partial charge < -0.3 is 39.8 Å². The smallest absolute Gasteiger partial charge is 0.337 e. The van der Waals surface area contributed by atoms with Gasteiger partial charge >= 0.3 is 11.9 Å². The molecule has 2 aliphatic heterocycles. The predicted octanol–water partition coefficient (Wildman–Crippen LogP) is 13.8. The molecule has 416 valence electrons. The molecule has 0 unspecified atom stereocenters. The fourth-order valence-corrected chi connectivity index (χ4v) is 10.4. The Morgan fingerprint density at radius 3 is 0.975 bits per heavy atom. The standard InChI is InChI=1S/C67H78N2O10/c1-64(2,3)50-26-40-22-44-30-52(66(7,8)9)32-46-24-42-28-51(65(4,5)6)29-43(59(42)73)25-47-33-53(67(10,11)12)31-45(23-41(27-50)58(40)72)61(47)79-37-39-19-49(63(75)77-14)35-55(21-39)69-57(71)17-15-16-56(70)68-54-20-38(36-78-60(44)46)18-48(34-54)62(74)76-13/h18-21,26-35,72-73H,15-17,22-25,36-37H2,1-14H3,(H,68,70)(H,69,71). The number of hydrogen-bond acceptors (Lipinski definition) is 10. The zero-order valence-electron chi connectivity index (χ0n) is 48.6. The average molecular weight is 1070 g/mol. The number of esters is 2. The second-order valence-corrected chi connectivity index (χ2v) is 25.6. The topological polar surface area (TPSA) is 170 Å². The van der Waals surface area contributed by atoms with Crippen molar-refractivity contribution in [2.45, 2.75) is 163 Å². The summed E-state index contributed by atoms with van der Waals surface area (Å²) in [5.74, 6) is -0.555. The molecule has 0 fully saturated rings. The molecule has 0 aromatic heterocycles. The van der Waals surface area contributed by atoms with Crippen LogP contribution in [-0.2, 0) is 79.6 Å². The summed E-state index contributed by atoms with van der Waals surface area (Å²) in [6, 6.07) is 26.9. The van der Waals surface area contributed by atoms with E-state index in [0.29, 0.717) is 56.3 Å². The van der Waals surface area contributed by atoms with Crippen molar-refractivity contribution in [3.63, 3.8) is 0 Å². The van der Waals surface area contributed by atoms with Crippen LogP contribution in [0.15, 0.2) is 84.9 Å². The molecule has 12 nitrogen and oxygen atoms in total. The van der Waals surface area contributed by atoms with E-state index in [1.807, 2.05) is 0 Å². The van der Waals surface area contributed by atoms with Crippen LogP contribution >= 0.6 is 0 Å². The first-order valence-corrected chi connectivity index (χ1v) is 27.3. The lowest BCUT2D eigenvalue weighted by atomic mass is 9.79. The van der Waals surface area contributed by atoms with E-state index in [0.717, 1.165) is 44.5 Å². The van der Waals surface area contributed by atoms with Crippen LogP contribution in [0, 0.1) is 0 Å². The molecule has 14 bridgehead atoms. The molecule has 6 aromatic rings. The van der Waals surface area contributed by atoms with Crippen LogP contribution in [-0.4, -0.2) is 48.2 Å². The maximum atomic E-state index is 13.6. The summed E-state index contributed by atoms with van der Waals surface area (Å²) < 4.78 is 24.5. The molecule has 3 aliphatic rings. The molecule has 9 rings (SSSR count). The van der Waals surface area contributed by atoms with Crippen LogP contribution in [0.4, 0.5) is 11.4 Å². The van der Waals surface area contributed by atoms with Crippen LogP contribution in [0.2, 0.25) is 0 Å². The second kappa shape index (κ2) is 22.3. The number of fused-ring (bicyclic) bond motifs is 8. The highest BCUT2D eigenvalue weighted by Gasteiger charge is 2.29. The third kappa shape index (κ3) is 13.5. The molecule has 0 radical (unpaired) electrons. The number of nitrogens with one attached hydrogen (secondary N) is 2. The van der Waals surface area contributed by atoms with Crippen molar-refractivity contribution in [2.24, 2.45) is 0 Å². The van der Waals surface area contributed by atoms with E-state index in [1.54, 1.807) is 36.4 Å². The van der Waals surface area contributed by atoms with Crippen molar-refractivity contribution in [3.8, 4) is 23.0 Å².